The molecule has 2 rings (SSSR count). The van der Waals surface area contributed by atoms with E-state index in [1.165, 1.54) is 11.3 Å². The number of rotatable bonds is 4. The number of carbonyl (C=O) groups is 1. The van der Waals surface area contributed by atoms with Crippen molar-refractivity contribution in [1.82, 2.24) is 4.98 Å². The Hall–Kier alpha value is -1.37. The average Bonchev–Trinajstić information content (AvgIpc) is 2.70. The first-order valence-electron chi connectivity index (χ1n) is 5.70. The van der Waals surface area contributed by atoms with Crippen molar-refractivity contribution in [3.63, 3.8) is 0 Å². The first-order valence-corrected chi connectivity index (χ1v) is 6.51. The number of carbonyl (C=O) groups excluding carboxylic acids is 1. The van der Waals surface area contributed by atoms with Crippen molar-refractivity contribution in [3.05, 3.63) is 18.2 Å². The van der Waals surface area contributed by atoms with Crippen LogP contribution in [-0.2, 0) is 4.79 Å². The van der Waals surface area contributed by atoms with E-state index in [-0.39, 0.29) is 18.3 Å². The highest BCUT2D eigenvalue weighted by molar-refractivity contribution is 7.22. The van der Waals surface area contributed by atoms with Crippen molar-refractivity contribution in [3.8, 4) is 5.75 Å². The summed E-state index contributed by atoms with van der Waals surface area (Å²) < 4.78 is 6.39. The van der Waals surface area contributed by atoms with Crippen molar-refractivity contribution in [2.75, 3.05) is 11.9 Å². The smallest absolute Gasteiger partial charge is 0.242 e. The van der Waals surface area contributed by atoms with E-state index in [1.807, 2.05) is 25.1 Å². The molecule has 104 valence electrons. The van der Waals surface area contributed by atoms with Crippen LogP contribution in [0.4, 0.5) is 5.13 Å². The van der Waals surface area contributed by atoms with Crippen molar-refractivity contribution >= 4 is 45.0 Å². The highest BCUT2D eigenvalue weighted by Crippen LogP contribution is 2.29. The molecule has 0 bridgehead atoms. The first-order chi connectivity index (χ1) is 8.60. The van der Waals surface area contributed by atoms with Gasteiger partial charge in [-0.3, -0.25) is 4.79 Å². The molecule has 1 aromatic carbocycles. The van der Waals surface area contributed by atoms with Crippen molar-refractivity contribution in [2.24, 2.45) is 5.73 Å². The second kappa shape index (κ2) is 6.70. The molecular formula is C12H16ClN3O2S. The third kappa shape index (κ3) is 3.79. The number of fused-ring (bicyclic) bond motifs is 1. The lowest BCUT2D eigenvalue weighted by Crippen LogP contribution is -2.32. The van der Waals surface area contributed by atoms with Crippen LogP contribution in [0.3, 0.4) is 0 Å². The average molecular weight is 302 g/mol. The molecule has 0 spiro atoms. The number of aromatic nitrogens is 1. The van der Waals surface area contributed by atoms with E-state index < -0.39 is 6.04 Å². The van der Waals surface area contributed by atoms with Crippen LogP contribution in [0, 0.1) is 0 Å². The van der Waals surface area contributed by atoms with E-state index in [1.54, 1.807) is 6.92 Å². The standard InChI is InChI=1S/C12H15N3O2S.ClH/c1-3-17-8-4-5-9-10(6-8)18-12(14-9)15-11(16)7(2)13;/h4-7H,3,13H2,1-2H3,(H,14,15,16);1H. The number of nitrogens with zero attached hydrogens (tertiary/aromatic N) is 1. The zero-order chi connectivity index (χ0) is 13.1. The molecular weight excluding hydrogens is 286 g/mol. The maximum Gasteiger partial charge on any atom is 0.242 e. The third-order valence-corrected chi connectivity index (χ3v) is 3.25. The molecule has 0 aliphatic carbocycles. The molecule has 1 atom stereocenters. The number of hydrogen-bond donors (Lipinski definition) is 2. The summed E-state index contributed by atoms with van der Waals surface area (Å²) in [6.07, 6.45) is 0. The minimum absolute atomic E-state index is 0. The van der Waals surface area contributed by atoms with Gasteiger partial charge in [0.2, 0.25) is 5.91 Å². The van der Waals surface area contributed by atoms with Crippen LogP contribution in [0.25, 0.3) is 10.2 Å². The van der Waals surface area contributed by atoms with E-state index in [9.17, 15) is 4.79 Å². The molecule has 1 amide bonds. The van der Waals surface area contributed by atoms with E-state index in [2.05, 4.69) is 10.3 Å². The molecule has 0 fully saturated rings. The molecule has 5 nitrogen and oxygen atoms in total. The second-order valence-electron chi connectivity index (χ2n) is 3.86. The normalized spacial score (nSPS) is 11.7. The van der Waals surface area contributed by atoms with Gasteiger partial charge in [0, 0.05) is 0 Å². The Morgan fingerprint density at radius 2 is 2.32 bits per heavy atom. The number of nitrogens with two attached hydrogens (primary N) is 1. The van der Waals surface area contributed by atoms with Gasteiger partial charge in [0.15, 0.2) is 5.13 Å². The lowest BCUT2D eigenvalue weighted by molar-refractivity contribution is -0.117. The van der Waals surface area contributed by atoms with Crippen LogP contribution in [0.5, 0.6) is 5.75 Å². The molecule has 0 aliphatic rings. The molecule has 0 saturated heterocycles. The summed E-state index contributed by atoms with van der Waals surface area (Å²) in [4.78, 5) is 15.8. The minimum Gasteiger partial charge on any atom is -0.494 e. The van der Waals surface area contributed by atoms with Crippen molar-refractivity contribution in [2.45, 2.75) is 19.9 Å². The molecule has 1 heterocycles. The van der Waals surface area contributed by atoms with Crippen LogP contribution < -0.4 is 15.8 Å². The predicted octanol–water partition coefficient (Wildman–Crippen LogP) is 2.40. The summed E-state index contributed by atoms with van der Waals surface area (Å²) >= 11 is 1.40. The lowest BCUT2D eigenvalue weighted by Gasteiger charge is -2.02. The Morgan fingerprint density at radius 1 is 1.58 bits per heavy atom. The Kier molecular flexibility index (Phi) is 5.53. The summed E-state index contributed by atoms with van der Waals surface area (Å²) in [5.41, 5.74) is 6.32. The Bertz CT molecular complexity index is 571. The quantitative estimate of drug-likeness (QED) is 0.909. The number of thiazole rings is 1. The van der Waals surface area contributed by atoms with Gasteiger partial charge in [-0.2, -0.15) is 0 Å². The van der Waals surface area contributed by atoms with Crippen LogP contribution in [0.15, 0.2) is 18.2 Å². The zero-order valence-electron chi connectivity index (χ0n) is 10.7. The Morgan fingerprint density at radius 3 is 2.95 bits per heavy atom. The Labute approximate surface area is 121 Å². The molecule has 19 heavy (non-hydrogen) atoms. The number of anilines is 1. The molecule has 0 radical (unpaired) electrons. The van der Waals surface area contributed by atoms with Crippen molar-refractivity contribution in [1.29, 1.82) is 0 Å². The number of amides is 1. The predicted molar refractivity (Wildman–Crippen MR) is 80.3 cm³/mol. The molecule has 7 heteroatoms. The fourth-order valence-corrected chi connectivity index (χ4v) is 2.33. The van der Waals surface area contributed by atoms with Gasteiger partial charge in [-0.05, 0) is 32.0 Å². The van der Waals surface area contributed by atoms with Crippen LogP contribution in [-0.4, -0.2) is 23.5 Å². The van der Waals surface area contributed by atoms with E-state index in [4.69, 9.17) is 10.5 Å². The highest BCUT2D eigenvalue weighted by Gasteiger charge is 2.11. The van der Waals surface area contributed by atoms with Crippen LogP contribution in [0.2, 0.25) is 0 Å². The Balaban J connectivity index is 0.00000180. The summed E-state index contributed by atoms with van der Waals surface area (Å²) in [6, 6.07) is 5.11. The zero-order valence-corrected chi connectivity index (χ0v) is 12.3. The number of hydrogen-bond acceptors (Lipinski definition) is 5. The van der Waals surface area contributed by atoms with Crippen LogP contribution in [0.1, 0.15) is 13.8 Å². The largest absolute Gasteiger partial charge is 0.494 e. The van der Waals surface area contributed by atoms with Gasteiger partial charge in [-0.1, -0.05) is 11.3 Å². The van der Waals surface area contributed by atoms with E-state index in [0.717, 1.165) is 16.0 Å². The van der Waals surface area contributed by atoms with Crippen LogP contribution >= 0.6 is 23.7 Å². The van der Waals surface area contributed by atoms with Gasteiger partial charge in [-0.15, -0.1) is 12.4 Å². The molecule has 3 N–H and O–H groups in total. The summed E-state index contributed by atoms with van der Waals surface area (Å²) in [5, 5.41) is 3.24. The topological polar surface area (TPSA) is 77.2 Å². The second-order valence-corrected chi connectivity index (χ2v) is 4.89. The lowest BCUT2D eigenvalue weighted by atomic mass is 10.3. The fourth-order valence-electron chi connectivity index (χ4n) is 1.43. The molecule has 1 unspecified atom stereocenters. The third-order valence-electron chi connectivity index (χ3n) is 2.31. The summed E-state index contributed by atoms with van der Waals surface area (Å²) in [6.45, 7) is 4.19. The van der Waals surface area contributed by atoms with Gasteiger partial charge in [0.25, 0.3) is 0 Å². The summed E-state index contributed by atoms with van der Waals surface area (Å²) in [7, 11) is 0. The molecule has 2 aromatic rings. The fraction of sp³-hybridized carbons (Fsp3) is 0.333. The molecule has 0 aliphatic heterocycles. The summed E-state index contributed by atoms with van der Waals surface area (Å²) in [5.74, 6) is 0.567. The first kappa shape index (κ1) is 15.7. The van der Waals surface area contributed by atoms with E-state index in [0.29, 0.717) is 11.7 Å². The van der Waals surface area contributed by atoms with Gasteiger partial charge in [0.05, 0.1) is 22.9 Å². The van der Waals surface area contributed by atoms with Gasteiger partial charge in [0.1, 0.15) is 5.75 Å². The van der Waals surface area contributed by atoms with Gasteiger partial charge >= 0.3 is 0 Å². The SMILES string of the molecule is CCOc1ccc2nc(NC(=O)C(C)N)sc2c1.Cl. The molecule has 1 aromatic heterocycles. The number of ether oxygens (including phenoxy) is 1. The number of halogens is 1. The maximum atomic E-state index is 11.5. The minimum atomic E-state index is -0.545. The number of nitrogens with one attached hydrogen (secondary N) is 1. The monoisotopic (exact) mass is 301 g/mol. The van der Waals surface area contributed by atoms with Gasteiger partial charge < -0.3 is 15.8 Å². The van der Waals surface area contributed by atoms with Gasteiger partial charge in [-0.25, -0.2) is 4.98 Å². The van der Waals surface area contributed by atoms with E-state index >= 15 is 0 Å². The maximum absolute atomic E-state index is 11.5. The number of benzene rings is 1. The van der Waals surface area contributed by atoms with Crippen molar-refractivity contribution < 1.29 is 9.53 Å². The highest BCUT2D eigenvalue weighted by atomic mass is 35.5. The molecule has 0 saturated carbocycles.